The molecule has 2 aromatic carbocycles. The number of benzene rings is 2. The Morgan fingerprint density at radius 3 is 2.47 bits per heavy atom. The van der Waals surface area contributed by atoms with Crippen LogP contribution in [0.3, 0.4) is 0 Å². The number of hydrogen-bond donors (Lipinski definition) is 0. The van der Waals surface area contributed by atoms with Gasteiger partial charge in [0.25, 0.3) is 0 Å². The van der Waals surface area contributed by atoms with E-state index >= 15 is 0 Å². The Labute approximate surface area is 187 Å². The number of aryl methyl sites for hydroxylation is 1. The fourth-order valence-electron chi connectivity index (χ4n) is 4.30. The topological polar surface area (TPSA) is 57.7 Å². The van der Waals surface area contributed by atoms with Crippen molar-refractivity contribution in [1.29, 1.82) is 0 Å². The molecule has 1 saturated heterocycles. The van der Waals surface area contributed by atoms with Crippen LogP contribution in [0.2, 0.25) is 10.0 Å². The lowest BCUT2D eigenvalue weighted by molar-refractivity contribution is -0.123. The number of amides is 1. The minimum Gasteiger partial charge on any atom is -0.312 e. The van der Waals surface area contributed by atoms with Crippen molar-refractivity contribution in [1.82, 2.24) is 4.31 Å². The molecule has 0 aromatic heterocycles. The summed E-state index contributed by atoms with van der Waals surface area (Å²) in [5, 5.41) is 0.743. The van der Waals surface area contributed by atoms with Crippen molar-refractivity contribution in [2.24, 2.45) is 5.92 Å². The fraction of sp³-hybridized carbons (Fsp3) is 0.409. The van der Waals surface area contributed by atoms with Gasteiger partial charge < -0.3 is 4.90 Å². The van der Waals surface area contributed by atoms with Gasteiger partial charge in [-0.05, 0) is 55.0 Å². The summed E-state index contributed by atoms with van der Waals surface area (Å²) < 4.78 is 27.2. The largest absolute Gasteiger partial charge is 0.312 e. The molecule has 8 heteroatoms. The fourth-order valence-corrected chi connectivity index (χ4v) is 6.17. The van der Waals surface area contributed by atoms with E-state index in [4.69, 9.17) is 23.2 Å². The van der Waals surface area contributed by atoms with Crippen LogP contribution in [-0.2, 0) is 27.0 Å². The molecular weight excluding hydrogens is 443 g/mol. The molecule has 2 aromatic rings. The Bertz CT molecular complexity index is 1050. The maximum atomic E-state index is 13.2. The number of fused-ring (bicyclic) bond motifs is 1. The van der Waals surface area contributed by atoms with Crippen LogP contribution in [0.25, 0.3) is 0 Å². The number of para-hydroxylation sites is 1. The molecule has 0 atom stereocenters. The van der Waals surface area contributed by atoms with E-state index in [0.29, 0.717) is 41.5 Å². The lowest BCUT2D eigenvalue weighted by Gasteiger charge is -2.36. The molecule has 0 aliphatic carbocycles. The minimum atomic E-state index is -3.48. The average molecular weight is 467 g/mol. The summed E-state index contributed by atoms with van der Waals surface area (Å²) in [4.78, 5) is 15.1. The number of carbonyl (C=O) groups is 1. The number of carbonyl (C=O) groups excluding carboxylic acids is 1. The maximum absolute atomic E-state index is 13.2. The van der Waals surface area contributed by atoms with E-state index in [-0.39, 0.29) is 17.6 Å². The number of anilines is 1. The van der Waals surface area contributed by atoms with Gasteiger partial charge in [-0.25, -0.2) is 12.7 Å². The number of hydrogen-bond acceptors (Lipinski definition) is 3. The third kappa shape index (κ3) is 4.52. The van der Waals surface area contributed by atoms with Crippen molar-refractivity contribution in [2.75, 3.05) is 24.5 Å². The van der Waals surface area contributed by atoms with Gasteiger partial charge in [0.2, 0.25) is 15.9 Å². The van der Waals surface area contributed by atoms with E-state index in [0.717, 1.165) is 25.1 Å². The van der Waals surface area contributed by atoms with Gasteiger partial charge in [0.05, 0.1) is 15.8 Å². The van der Waals surface area contributed by atoms with Crippen molar-refractivity contribution >= 4 is 44.8 Å². The lowest BCUT2D eigenvalue weighted by atomic mass is 9.94. The summed E-state index contributed by atoms with van der Waals surface area (Å²) >= 11 is 11.9. The van der Waals surface area contributed by atoms with Gasteiger partial charge >= 0.3 is 0 Å². The minimum absolute atomic E-state index is 0.115. The standard InChI is InChI=1S/C22H24Cl2N2O3S/c23-19-8-7-16(14-20(19)24)15-30(28,29)25-12-9-18(10-13-25)22(27)26-11-3-5-17-4-1-2-6-21(17)26/h1-2,4,6-8,14,18H,3,5,9-13,15H2. The highest BCUT2D eigenvalue weighted by molar-refractivity contribution is 7.88. The Balaban J connectivity index is 1.40. The van der Waals surface area contributed by atoms with Gasteiger partial charge in [-0.15, -0.1) is 0 Å². The highest BCUT2D eigenvalue weighted by atomic mass is 35.5. The second kappa shape index (κ2) is 8.87. The van der Waals surface area contributed by atoms with Gasteiger partial charge in [0.15, 0.2) is 0 Å². The van der Waals surface area contributed by atoms with Crippen molar-refractivity contribution < 1.29 is 13.2 Å². The van der Waals surface area contributed by atoms with Crippen LogP contribution >= 0.6 is 23.2 Å². The quantitative estimate of drug-likeness (QED) is 0.665. The first-order valence-electron chi connectivity index (χ1n) is 10.2. The Morgan fingerprint density at radius 2 is 1.73 bits per heavy atom. The maximum Gasteiger partial charge on any atom is 0.230 e. The molecule has 1 fully saturated rings. The second-order valence-corrected chi connectivity index (χ2v) is 10.7. The number of piperidine rings is 1. The molecule has 0 unspecified atom stereocenters. The van der Waals surface area contributed by atoms with E-state index in [1.807, 2.05) is 23.1 Å². The Morgan fingerprint density at radius 1 is 1.00 bits per heavy atom. The van der Waals surface area contributed by atoms with E-state index < -0.39 is 10.0 Å². The van der Waals surface area contributed by atoms with Crippen molar-refractivity contribution in [3.8, 4) is 0 Å². The zero-order chi connectivity index (χ0) is 21.3. The smallest absolute Gasteiger partial charge is 0.230 e. The molecular formula is C22H24Cl2N2O3S. The molecule has 0 spiro atoms. The van der Waals surface area contributed by atoms with Crippen LogP contribution in [0.5, 0.6) is 0 Å². The highest BCUT2D eigenvalue weighted by Crippen LogP contribution is 2.31. The van der Waals surface area contributed by atoms with Gasteiger partial charge in [-0.1, -0.05) is 47.5 Å². The molecule has 0 saturated carbocycles. The monoisotopic (exact) mass is 466 g/mol. The van der Waals surface area contributed by atoms with E-state index in [2.05, 4.69) is 6.07 Å². The predicted molar refractivity (Wildman–Crippen MR) is 120 cm³/mol. The van der Waals surface area contributed by atoms with Crippen molar-refractivity contribution in [3.63, 3.8) is 0 Å². The van der Waals surface area contributed by atoms with Crippen LogP contribution in [-0.4, -0.2) is 38.3 Å². The molecule has 0 radical (unpaired) electrons. The first-order chi connectivity index (χ1) is 14.3. The van der Waals surface area contributed by atoms with Crippen molar-refractivity contribution in [3.05, 3.63) is 63.6 Å². The summed E-state index contributed by atoms with van der Waals surface area (Å²) in [5.41, 5.74) is 2.81. The van der Waals surface area contributed by atoms with Crippen LogP contribution in [0.4, 0.5) is 5.69 Å². The second-order valence-electron chi connectivity index (χ2n) is 7.90. The van der Waals surface area contributed by atoms with Gasteiger partial charge in [-0.2, -0.15) is 0 Å². The molecule has 2 heterocycles. The SMILES string of the molecule is O=C(C1CCN(S(=O)(=O)Cc2ccc(Cl)c(Cl)c2)CC1)N1CCCc2ccccc21. The van der Waals surface area contributed by atoms with Crippen molar-refractivity contribution in [2.45, 2.75) is 31.4 Å². The summed E-state index contributed by atoms with van der Waals surface area (Å²) in [6, 6.07) is 12.9. The third-order valence-corrected chi connectivity index (χ3v) is 8.50. The normalized spacial score (nSPS) is 18.3. The molecule has 30 heavy (non-hydrogen) atoms. The number of sulfonamides is 1. The first kappa shape index (κ1) is 21.6. The highest BCUT2D eigenvalue weighted by Gasteiger charge is 2.34. The molecule has 2 aliphatic heterocycles. The molecule has 4 rings (SSSR count). The summed E-state index contributed by atoms with van der Waals surface area (Å²) in [6.45, 7) is 1.44. The van der Waals surface area contributed by atoms with E-state index in [1.54, 1.807) is 18.2 Å². The Kier molecular flexibility index (Phi) is 6.39. The summed E-state index contributed by atoms with van der Waals surface area (Å²) in [6.07, 6.45) is 3.03. The number of halogens is 2. The molecule has 5 nitrogen and oxygen atoms in total. The summed E-state index contributed by atoms with van der Waals surface area (Å²) in [5.74, 6) is -0.154. The first-order valence-corrected chi connectivity index (χ1v) is 12.5. The van der Waals surface area contributed by atoms with Gasteiger partial charge in [0, 0.05) is 31.2 Å². The molecule has 1 amide bonds. The zero-order valence-corrected chi connectivity index (χ0v) is 18.9. The Hall–Kier alpha value is -1.60. The third-order valence-electron chi connectivity index (χ3n) is 5.91. The lowest BCUT2D eigenvalue weighted by Crippen LogP contribution is -2.46. The van der Waals surface area contributed by atoms with Gasteiger partial charge in [0.1, 0.15) is 0 Å². The van der Waals surface area contributed by atoms with Gasteiger partial charge in [-0.3, -0.25) is 4.79 Å². The van der Waals surface area contributed by atoms with E-state index in [1.165, 1.54) is 9.87 Å². The number of nitrogens with zero attached hydrogens (tertiary/aromatic N) is 2. The molecule has 160 valence electrons. The summed E-state index contributed by atoms with van der Waals surface area (Å²) in [7, 11) is -3.48. The predicted octanol–water partition coefficient (Wildman–Crippen LogP) is 4.51. The molecule has 2 aliphatic rings. The van der Waals surface area contributed by atoms with Crippen LogP contribution in [0.15, 0.2) is 42.5 Å². The zero-order valence-electron chi connectivity index (χ0n) is 16.6. The molecule has 0 N–H and O–H groups in total. The van der Waals surface area contributed by atoms with Crippen LogP contribution < -0.4 is 4.90 Å². The molecule has 0 bridgehead atoms. The van der Waals surface area contributed by atoms with E-state index in [9.17, 15) is 13.2 Å². The number of rotatable bonds is 4. The average Bonchev–Trinajstić information content (AvgIpc) is 2.75. The van der Waals surface area contributed by atoms with Crippen LogP contribution in [0, 0.1) is 5.92 Å². The van der Waals surface area contributed by atoms with Crippen LogP contribution in [0.1, 0.15) is 30.4 Å².